The van der Waals surface area contributed by atoms with Gasteiger partial charge in [-0.15, -0.1) is 0 Å². The highest BCUT2D eigenvalue weighted by Crippen LogP contribution is 2.17. The summed E-state index contributed by atoms with van der Waals surface area (Å²) >= 11 is 0. The van der Waals surface area contributed by atoms with E-state index in [1.807, 2.05) is 49.7 Å². The van der Waals surface area contributed by atoms with Gasteiger partial charge >= 0.3 is 0 Å². The SMILES string of the molecule is CCOC(CC)C(O)Cc1nc2ccccc2n1C. The van der Waals surface area contributed by atoms with Gasteiger partial charge in [-0.05, 0) is 25.5 Å². The highest BCUT2D eigenvalue weighted by atomic mass is 16.5. The van der Waals surface area contributed by atoms with E-state index in [4.69, 9.17) is 4.74 Å². The van der Waals surface area contributed by atoms with Gasteiger partial charge in [0.05, 0.1) is 23.2 Å². The lowest BCUT2D eigenvalue weighted by molar-refractivity contribution is -0.0343. The molecule has 1 heterocycles. The Balaban J connectivity index is 2.18. The van der Waals surface area contributed by atoms with Crippen molar-refractivity contribution in [3.05, 3.63) is 30.1 Å². The maximum atomic E-state index is 10.3. The number of fused-ring (bicyclic) bond motifs is 1. The predicted molar refractivity (Wildman–Crippen MR) is 76.1 cm³/mol. The van der Waals surface area contributed by atoms with Crippen LogP contribution in [0.15, 0.2) is 24.3 Å². The van der Waals surface area contributed by atoms with Gasteiger partial charge in [0.25, 0.3) is 0 Å². The van der Waals surface area contributed by atoms with Crippen molar-refractivity contribution in [2.45, 2.75) is 38.9 Å². The van der Waals surface area contributed by atoms with Crippen LogP contribution in [0.2, 0.25) is 0 Å². The van der Waals surface area contributed by atoms with E-state index in [9.17, 15) is 5.11 Å². The Bertz CT molecular complexity index is 536. The van der Waals surface area contributed by atoms with Gasteiger partial charge in [0.1, 0.15) is 5.82 Å². The van der Waals surface area contributed by atoms with Gasteiger partial charge in [0.15, 0.2) is 0 Å². The first-order chi connectivity index (χ1) is 9.17. The number of imidazole rings is 1. The average molecular weight is 262 g/mol. The van der Waals surface area contributed by atoms with Gasteiger partial charge in [-0.2, -0.15) is 0 Å². The molecule has 4 nitrogen and oxygen atoms in total. The molecule has 0 aliphatic carbocycles. The fourth-order valence-corrected chi connectivity index (χ4v) is 2.41. The Hall–Kier alpha value is -1.39. The Morgan fingerprint density at radius 3 is 2.68 bits per heavy atom. The number of nitrogens with zero attached hydrogens (tertiary/aromatic N) is 2. The number of ether oxygens (including phenoxy) is 1. The second-order valence-corrected chi connectivity index (χ2v) is 4.75. The van der Waals surface area contributed by atoms with E-state index >= 15 is 0 Å². The summed E-state index contributed by atoms with van der Waals surface area (Å²) in [4.78, 5) is 4.58. The molecule has 0 saturated heterocycles. The van der Waals surface area contributed by atoms with Crippen LogP contribution in [0.25, 0.3) is 11.0 Å². The van der Waals surface area contributed by atoms with Gasteiger partial charge in [-0.25, -0.2) is 4.98 Å². The molecule has 2 unspecified atom stereocenters. The van der Waals surface area contributed by atoms with E-state index in [0.29, 0.717) is 13.0 Å². The van der Waals surface area contributed by atoms with Gasteiger partial charge in [-0.1, -0.05) is 19.1 Å². The van der Waals surface area contributed by atoms with Crippen LogP contribution in [0.4, 0.5) is 0 Å². The monoisotopic (exact) mass is 262 g/mol. The molecule has 0 bridgehead atoms. The summed E-state index contributed by atoms with van der Waals surface area (Å²) in [5.74, 6) is 0.895. The summed E-state index contributed by atoms with van der Waals surface area (Å²) in [6.45, 7) is 4.60. The number of benzene rings is 1. The fourth-order valence-electron chi connectivity index (χ4n) is 2.41. The molecule has 0 fully saturated rings. The third kappa shape index (κ3) is 2.96. The fraction of sp³-hybridized carbons (Fsp3) is 0.533. The second kappa shape index (κ2) is 6.17. The summed E-state index contributed by atoms with van der Waals surface area (Å²) < 4.78 is 7.59. The third-order valence-corrected chi connectivity index (χ3v) is 3.48. The molecule has 0 amide bonds. The summed E-state index contributed by atoms with van der Waals surface area (Å²) in [5, 5.41) is 10.3. The van der Waals surface area contributed by atoms with Crippen molar-refractivity contribution in [2.24, 2.45) is 7.05 Å². The molecule has 19 heavy (non-hydrogen) atoms. The first-order valence-corrected chi connectivity index (χ1v) is 6.87. The molecule has 104 valence electrons. The Morgan fingerprint density at radius 2 is 2.05 bits per heavy atom. The van der Waals surface area contributed by atoms with Crippen molar-refractivity contribution in [3.8, 4) is 0 Å². The van der Waals surface area contributed by atoms with Crippen molar-refractivity contribution >= 4 is 11.0 Å². The molecule has 2 atom stereocenters. The number of aromatic nitrogens is 2. The average Bonchev–Trinajstić information content (AvgIpc) is 2.73. The number of para-hydroxylation sites is 2. The minimum atomic E-state index is -0.513. The van der Waals surface area contributed by atoms with Crippen LogP contribution in [0.1, 0.15) is 26.1 Å². The Kier molecular flexibility index (Phi) is 4.56. The molecule has 0 radical (unpaired) electrons. The molecule has 1 aromatic carbocycles. The zero-order valence-corrected chi connectivity index (χ0v) is 11.8. The molecular formula is C15H22N2O2. The van der Waals surface area contributed by atoms with Crippen LogP contribution in [0.5, 0.6) is 0 Å². The van der Waals surface area contributed by atoms with Crippen molar-refractivity contribution in [3.63, 3.8) is 0 Å². The normalized spacial score (nSPS) is 14.7. The molecule has 0 saturated carbocycles. The van der Waals surface area contributed by atoms with E-state index in [1.54, 1.807) is 0 Å². The maximum absolute atomic E-state index is 10.3. The Morgan fingerprint density at radius 1 is 1.32 bits per heavy atom. The lowest BCUT2D eigenvalue weighted by Gasteiger charge is -2.21. The summed E-state index contributed by atoms with van der Waals surface area (Å²) in [7, 11) is 1.99. The third-order valence-electron chi connectivity index (χ3n) is 3.48. The van der Waals surface area contributed by atoms with Gasteiger partial charge in [-0.3, -0.25) is 0 Å². The van der Waals surface area contributed by atoms with Crippen molar-refractivity contribution in [2.75, 3.05) is 6.61 Å². The van der Waals surface area contributed by atoms with Gasteiger partial charge < -0.3 is 14.4 Å². The topological polar surface area (TPSA) is 47.3 Å². The highest BCUT2D eigenvalue weighted by molar-refractivity contribution is 5.75. The van der Waals surface area contributed by atoms with Crippen molar-refractivity contribution in [1.29, 1.82) is 0 Å². The van der Waals surface area contributed by atoms with Crippen molar-refractivity contribution < 1.29 is 9.84 Å². The summed E-state index contributed by atoms with van der Waals surface area (Å²) in [6.07, 6.45) is 0.688. The zero-order valence-electron chi connectivity index (χ0n) is 11.8. The molecular weight excluding hydrogens is 240 g/mol. The van der Waals surface area contributed by atoms with Gasteiger partial charge in [0, 0.05) is 20.1 Å². The molecule has 1 N–H and O–H groups in total. The smallest absolute Gasteiger partial charge is 0.112 e. The predicted octanol–water partition coefficient (Wildman–Crippen LogP) is 2.29. The molecule has 0 spiro atoms. The van der Waals surface area contributed by atoms with Crippen LogP contribution >= 0.6 is 0 Å². The number of hydrogen-bond acceptors (Lipinski definition) is 3. The van der Waals surface area contributed by atoms with E-state index in [-0.39, 0.29) is 6.10 Å². The van der Waals surface area contributed by atoms with E-state index in [0.717, 1.165) is 23.3 Å². The number of aliphatic hydroxyl groups is 1. The van der Waals surface area contributed by atoms with Crippen LogP contribution in [0, 0.1) is 0 Å². The van der Waals surface area contributed by atoms with E-state index < -0.39 is 6.10 Å². The lowest BCUT2D eigenvalue weighted by Crippen LogP contribution is -2.31. The minimum Gasteiger partial charge on any atom is -0.390 e. The van der Waals surface area contributed by atoms with Gasteiger partial charge in [0.2, 0.25) is 0 Å². The van der Waals surface area contributed by atoms with Crippen molar-refractivity contribution in [1.82, 2.24) is 9.55 Å². The largest absolute Gasteiger partial charge is 0.390 e. The molecule has 1 aromatic heterocycles. The molecule has 0 aliphatic rings. The molecule has 2 rings (SSSR count). The number of aryl methyl sites for hydroxylation is 1. The quantitative estimate of drug-likeness (QED) is 0.869. The zero-order chi connectivity index (χ0) is 13.8. The first-order valence-electron chi connectivity index (χ1n) is 6.87. The minimum absolute atomic E-state index is 0.121. The van der Waals surface area contributed by atoms with Crippen LogP contribution in [0.3, 0.4) is 0 Å². The maximum Gasteiger partial charge on any atom is 0.112 e. The highest BCUT2D eigenvalue weighted by Gasteiger charge is 2.20. The molecule has 4 heteroatoms. The molecule has 2 aromatic rings. The van der Waals surface area contributed by atoms with Crippen LogP contribution < -0.4 is 0 Å². The molecule has 0 aliphatic heterocycles. The number of aliphatic hydroxyl groups excluding tert-OH is 1. The number of hydrogen-bond donors (Lipinski definition) is 1. The van der Waals surface area contributed by atoms with Crippen LogP contribution in [-0.4, -0.2) is 33.5 Å². The van der Waals surface area contributed by atoms with E-state index in [2.05, 4.69) is 4.98 Å². The van der Waals surface area contributed by atoms with Crippen LogP contribution in [-0.2, 0) is 18.2 Å². The Labute approximate surface area is 114 Å². The van der Waals surface area contributed by atoms with E-state index in [1.165, 1.54) is 0 Å². The second-order valence-electron chi connectivity index (χ2n) is 4.75. The summed E-state index contributed by atoms with van der Waals surface area (Å²) in [5.41, 5.74) is 2.06. The standard InChI is InChI=1S/C15H22N2O2/c1-4-14(19-5-2)13(18)10-15-16-11-8-6-7-9-12(11)17(15)3/h6-9,13-14,18H,4-5,10H2,1-3H3. The number of rotatable bonds is 6. The lowest BCUT2D eigenvalue weighted by atomic mass is 10.1. The summed E-state index contributed by atoms with van der Waals surface area (Å²) in [6, 6.07) is 8.01. The first kappa shape index (κ1) is 14.0.